The van der Waals surface area contributed by atoms with E-state index in [1.54, 1.807) is 12.1 Å². The van der Waals surface area contributed by atoms with Gasteiger partial charge in [0.1, 0.15) is 0 Å². The summed E-state index contributed by atoms with van der Waals surface area (Å²) in [7, 11) is 0. The molecule has 0 atom stereocenters. The van der Waals surface area contributed by atoms with Gasteiger partial charge in [-0.15, -0.1) is 0 Å². The summed E-state index contributed by atoms with van der Waals surface area (Å²) in [5.41, 5.74) is 0. The lowest BCUT2D eigenvalue weighted by atomic mass is 10.2. The first-order valence-electron chi connectivity index (χ1n) is 3.65. The number of nitrogens with zero attached hydrogens (tertiary/aromatic N) is 2. The van der Waals surface area contributed by atoms with Gasteiger partial charge in [0.2, 0.25) is 0 Å². The molecular formula is C10H8N2. The Bertz CT molecular complexity index is 272. The Balaban J connectivity index is 3.25. The van der Waals surface area contributed by atoms with Crippen molar-refractivity contribution in [3.63, 3.8) is 0 Å². The zero-order valence-corrected chi connectivity index (χ0v) is 6.72. The standard InChI is InChI=1S/C10H8N2/c11-9-7-5-3-1-2-4-6-8-10-12/h1-4H2. The third kappa shape index (κ3) is 8.10. The van der Waals surface area contributed by atoms with Crippen LogP contribution in [-0.2, 0) is 0 Å². The van der Waals surface area contributed by atoms with Gasteiger partial charge in [0.15, 0.2) is 12.1 Å². The second kappa shape index (κ2) is 9.10. The maximum absolute atomic E-state index is 8.06. The Morgan fingerprint density at radius 1 is 0.750 bits per heavy atom. The van der Waals surface area contributed by atoms with Gasteiger partial charge in [-0.2, -0.15) is 10.5 Å². The number of rotatable bonds is 3. The molecular weight excluding hydrogens is 148 g/mol. The van der Waals surface area contributed by atoms with Gasteiger partial charge in [0, 0.05) is 24.7 Å². The van der Waals surface area contributed by atoms with Crippen molar-refractivity contribution >= 4 is 0 Å². The van der Waals surface area contributed by atoms with Gasteiger partial charge in [-0.05, 0) is 12.8 Å². The van der Waals surface area contributed by atoms with Crippen LogP contribution in [0.4, 0.5) is 0 Å². The zero-order valence-electron chi connectivity index (χ0n) is 6.72. The molecule has 0 bridgehead atoms. The molecule has 0 saturated heterocycles. The fraction of sp³-hybridized carbons (Fsp3) is 0.400. The second-order valence-electron chi connectivity index (χ2n) is 2.03. The van der Waals surface area contributed by atoms with E-state index < -0.39 is 0 Å². The molecule has 0 radical (unpaired) electrons. The molecule has 2 nitrogen and oxygen atoms in total. The van der Waals surface area contributed by atoms with Crippen molar-refractivity contribution in [2.75, 3.05) is 0 Å². The lowest BCUT2D eigenvalue weighted by Gasteiger charge is -1.86. The highest BCUT2D eigenvalue weighted by molar-refractivity contribution is 5.17. The van der Waals surface area contributed by atoms with E-state index in [1.165, 1.54) is 0 Å². The SMILES string of the molecule is N#CC#CCCCCC#CC#N. The fourth-order valence-corrected chi connectivity index (χ4v) is 0.631. The van der Waals surface area contributed by atoms with Crippen LogP contribution in [0.5, 0.6) is 0 Å². The Morgan fingerprint density at radius 3 is 1.50 bits per heavy atom. The smallest absolute Gasteiger partial charge is 0.152 e. The molecule has 0 unspecified atom stereocenters. The number of unbranched alkanes of at least 4 members (excludes halogenated alkanes) is 3. The van der Waals surface area contributed by atoms with E-state index in [0.29, 0.717) is 0 Å². The van der Waals surface area contributed by atoms with Crippen molar-refractivity contribution in [1.82, 2.24) is 0 Å². The zero-order chi connectivity index (χ0) is 9.07. The van der Waals surface area contributed by atoms with Crippen LogP contribution in [0.1, 0.15) is 25.7 Å². The molecule has 0 spiro atoms. The predicted molar refractivity (Wildman–Crippen MR) is 45.2 cm³/mol. The third-order valence-electron chi connectivity index (χ3n) is 1.14. The van der Waals surface area contributed by atoms with Gasteiger partial charge in [-0.3, -0.25) is 0 Å². The van der Waals surface area contributed by atoms with Gasteiger partial charge >= 0.3 is 0 Å². The summed E-state index contributed by atoms with van der Waals surface area (Å²) >= 11 is 0. The molecule has 0 saturated carbocycles. The Labute approximate surface area is 72.8 Å². The summed E-state index contributed by atoms with van der Waals surface area (Å²) in [5.74, 6) is 10.0. The van der Waals surface area contributed by atoms with Crippen molar-refractivity contribution in [2.45, 2.75) is 25.7 Å². The number of hydrogen-bond donors (Lipinski definition) is 0. The second-order valence-corrected chi connectivity index (χ2v) is 2.03. The van der Waals surface area contributed by atoms with E-state index in [-0.39, 0.29) is 0 Å². The van der Waals surface area contributed by atoms with Gasteiger partial charge in [-0.1, -0.05) is 11.8 Å². The molecule has 2 heteroatoms. The summed E-state index contributed by atoms with van der Waals surface area (Å²) in [6.45, 7) is 0. The molecule has 0 fully saturated rings. The molecule has 0 aromatic rings. The van der Waals surface area contributed by atoms with E-state index >= 15 is 0 Å². The van der Waals surface area contributed by atoms with Crippen molar-refractivity contribution in [1.29, 1.82) is 10.5 Å². The van der Waals surface area contributed by atoms with Gasteiger partial charge in [0.25, 0.3) is 0 Å². The van der Waals surface area contributed by atoms with E-state index in [1.807, 2.05) is 0 Å². The minimum atomic E-state index is 0.738. The normalized spacial score (nSPS) is 6.17. The van der Waals surface area contributed by atoms with E-state index in [4.69, 9.17) is 10.5 Å². The van der Waals surface area contributed by atoms with Crippen LogP contribution in [0.25, 0.3) is 0 Å². The largest absolute Gasteiger partial charge is 0.183 e. The Morgan fingerprint density at radius 2 is 1.17 bits per heavy atom. The molecule has 0 amide bonds. The van der Waals surface area contributed by atoms with Gasteiger partial charge in [0.05, 0.1) is 0 Å². The van der Waals surface area contributed by atoms with Crippen LogP contribution in [0.3, 0.4) is 0 Å². The minimum Gasteiger partial charge on any atom is -0.183 e. The third-order valence-corrected chi connectivity index (χ3v) is 1.14. The molecule has 0 heterocycles. The average molecular weight is 156 g/mol. The predicted octanol–water partition coefficient (Wildman–Crippen LogP) is 1.60. The summed E-state index contributed by atoms with van der Waals surface area (Å²) < 4.78 is 0. The van der Waals surface area contributed by atoms with Crippen molar-refractivity contribution in [3.05, 3.63) is 0 Å². The van der Waals surface area contributed by atoms with E-state index in [0.717, 1.165) is 25.7 Å². The van der Waals surface area contributed by atoms with E-state index in [9.17, 15) is 0 Å². The summed E-state index contributed by atoms with van der Waals surface area (Å²) in [5, 5.41) is 16.1. The molecule has 0 N–H and O–H groups in total. The molecule has 12 heavy (non-hydrogen) atoms. The maximum Gasteiger partial charge on any atom is 0.152 e. The molecule has 0 aliphatic heterocycles. The summed E-state index contributed by atoms with van der Waals surface area (Å²) in [6, 6.07) is 3.49. The lowest BCUT2D eigenvalue weighted by Crippen LogP contribution is -1.72. The minimum absolute atomic E-state index is 0.738. The first kappa shape index (κ1) is 10.1. The molecule has 0 aromatic carbocycles. The molecule has 0 rings (SSSR count). The lowest BCUT2D eigenvalue weighted by molar-refractivity contribution is 0.782. The quantitative estimate of drug-likeness (QED) is 0.460. The topological polar surface area (TPSA) is 47.6 Å². The highest BCUT2D eigenvalue weighted by Crippen LogP contribution is 1.96. The average Bonchev–Trinajstić information content (AvgIpc) is 2.10. The number of hydrogen-bond acceptors (Lipinski definition) is 2. The molecule has 0 aliphatic rings. The van der Waals surface area contributed by atoms with Crippen LogP contribution in [0, 0.1) is 46.3 Å². The van der Waals surface area contributed by atoms with E-state index in [2.05, 4.69) is 23.7 Å². The van der Waals surface area contributed by atoms with Crippen LogP contribution < -0.4 is 0 Å². The molecule has 0 aliphatic carbocycles. The fourth-order valence-electron chi connectivity index (χ4n) is 0.631. The van der Waals surface area contributed by atoms with Crippen molar-refractivity contribution in [2.24, 2.45) is 0 Å². The van der Waals surface area contributed by atoms with Crippen molar-refractivity contribution < 1.29 is 0 Å². The highest BCUT2D eigenvalue weighted by atomic mass is 14.2. The summed E-state index contributed by atoms with van der Waals surface area (Å²) in [6.07, 6.45) is 3.35. The first-order valence-corrected chi connectivity index (χ1v) is 3.65. The molecule has 58 valence electrons. The number of nitriles is 2. The van der Waals surface area contributed by atoms with Gasteiger partial charge in [-0.25, -0.2) is 0 Å². The van der Waals surface area contributed by atoms with Crippen LogP contribution >= 0.6 is 0 Å². The first-order chi connectivity index (χ1) is 5.91. The van der Waals surface area contributed by atoms with Crippen LogP contribution in [-0.4, -0.2) is 0 Å². The molecule has 0 aromatic heterocycles. The van der Waals surface area contributed by atoms with Gasteiger partial charge < -0.3 is 0 Å². The van der Waals surface area contributed by atoms with Crippen LogP contribution in [0.15, 0.2) is 0 Å². The summed E-state index contributed by atoms with van der Waals surface area (Å²) in [4.78, 5) is 0. The van der Waals surface area contributed by atoms with Crippen molar-refractivity contribution in [3.8, 4) is 35.8 Å². The van der Waals surface area contributed by atoms with Crippen LogP contribution in [0.2, 0.25) is 0 Å². The maximum atomic E-state index is 8.06. The Kier molecular flexibility index (Phi) is 7.66. The Hall–Kier alpha value is -1.90. The highest BCUT2D eigenvalue weighted by Gasteiger charge is 1.81. The monoisotopic (exact) mass is 156 g/mol.